The Kier molecular flexibility index (Phi) is 3.77. The molecule has 1 aliphatic carbocycles. The smallest absolute Gasteiger partial charge is 0.329 e. The fourth-order valence-corrected chi connectivity index (χ4v) is 2.83. The number of carboxylic acids is 1. The number of carbonyl (C=O) groups is 2. The first kappa shape index (κ1) is 13.2. The number of carboxylic acid groups (broad SMARTS) is 1. The molecule has 3 N–H and O–H groups in total. The summed E-state index contributed by atoms with van der Waals surface area (Å²) in [7, 11) is 0. The highest BCUT2D eigenvalue weighted by molar-refractivity contribution is 7.16. The Bertz CT molecular complexity index is 471. The molecule has 2 rings (SSSR count). The molecule has 1 heterocycles. The van der Waals surface area contributed by atoms with E-state index in [4.69, 9.17) is 16.7 Å². The molecule has 5 nitrogen and oxygen atoms in total. The van der Waals surface area contributed by atoms with Crippen molar-refractivity contribution < 1.29 is 14.7 Å². The van der Waals surface area contributed by atoms with E-state index in [1.807, 2.05) is 6.07 Å². The first-order chi connectivity index (χ1) is 8.52. The molecule has 0 radical (unpaired) electrons. The quantitative estimate of drug-likeness (QED) is 0.795. The molecular formula is C11H13ClN2O3S. The fourth-order valence-electron chi connectivity index (χ4n) is 1.80. The molecule has 0 aliphatic heterocycles. The molecule has 1 aromatic heterocycles. The van der Waals surface area contributed by atoms with Gasteiger partial charge in [-0.3, -0.25) is 0 Å². The molecule has 98 valence electrons. The monoisotopic (exact) mass is 288 g/mol. The third-order valence-electron chi connectivity index (χ3n) is 3.02. The topological polar surface area (TPSA) is 78.4 Å². The lowest BCUT2D eigenvalue weighted by Crippen LogP contribution is -2.61. The molecule has 1 saturated carbocycles. The van der Waals surface area contributed by atoms with Crippen molar-refractivity contribution in [1.82, 2.24) is 10.6 Å². The van der Waals surface area contributed by atoms with Crippen molar-refractivity contribution in [2.24, 2.45) is 0 Å². The van der Waals surface area contributed by atoms with Crippen LogP contribution in [0, 0.1) is 0 Å². The van der Waals surface area contributed by atoms with Gasteiger partial charge < -0.3 is 15.7 Å². The predicted molar refractivity (Wildman–Crippen MR) is 68.9 cm³/mol. The van der Waals surface area contributed by atoms with Gasteiger partial charge in [0.2, 0.25) is 0 Å². The molecule has 0 spiro atoms. The molecule has 0 bridgehead atoms. The van der Waals surface area contributed by atoms with Crippen LogP contribution in [0.1, 0.15) is 24.1 Å². The third-order valence-corrected chi connectivity index (χ3v) is 4.25. The number of nitrogens with one attached hydrogen (secondary N) is 2. The second kappa shape index (κ2) is 5.16. The largest absolute Gasteiger partial charge is 0.480 e. The van der Waals surface area contributed by atoms with Gasteiger partial charge in [0.05, 0.1) is 10.9 Å². The van der Waals surface area contributed by atoms with Crippen LogP contribution in [0.2, 0.25) is 4.34 Å². The van der Waals surface area contributed by atoms with Crippen molar-refractivity contribution in [3.05, 3.63) is 21.3 Å². The van der Waals surface area contributed by atoms with Crippen molar-refractivity contribution in [1.29, 1.82) is 0 Å². The van der Waals surface area contributed by atoms with Gasteiger partial charge in [0.15, 0.2) is 0 Å². The molecule has 0 unspecified atom stereocenters. The van der Waals surface area contributed by atoms with Gasteiger partial charge in [-0.1, -0.05) is 11.6 Å². The van der Waals surface area contributed by atoms with Crippen LogP contribution in [0.3, 0.4) is 0 Å². The Labute approximate surface area is 113 Å². The first-order valence-electron chi connectivity index (χ1n) is 5.55. The maximum atomic E-state index is 11.6. The Morgan fingerprint density at radius 1 is 1.44 bits per heavy atom. The number of amides is 2. The average molecular weight is 289 g/mol. The van der Waals surface area contributed by atoms with E-state index in [-0.39, 0.29) is 0 Å². The van der Waals surface area contributed by atoms with E-state index < -0.39 is 17.5 Å². The number of halogens is 1. The zero-order valence-electron chi connectivity index (χ0n) is 9.53. The zero-order valence-corrected chi connectivity index (χ0v) is 11.1. The lowest BCUT2D eigenvalue weighted by Gasteiger charge is -2.38. The molecule has 0 atom stereocenters. The second-order valence-corrected chi connectivity index (χ2v) is 6.05. The summed E-state index contributed by atoms with van der Waals surface area (Å²) < 4.78 is 0.660. The van der Waals surface area contributed by atoms with Crippen molar-refractivity contribution in [2.45, 2.75) is 31.3 Å². The van der Waals surface area contributed by atoms with E-state index in [0.29, 0.717) is 23.7 Å². The molecule has 1 aliphatic rings. The summed E-state index contributed by atoms with van der Waals surface area (Å²) in [5.41, 5.74) is -1.07. The molecule has 18 heavy (non-hydrogen) atoms. The molecule has 0 saturated heterocycles. The maximum Gasteiger partial charge on any atom is 0.329 e. The Hall–Kier alpha value is -1.27. The summed E-state index contributed by atoms with van der Waals surface area (Å²) in [6.45, 7) is 0.346. The molecule has 0 aromatic carbocycles. The minimum absolute atomic E-state index is 0.346. The maximum absolute atomic E-state index is 11.6. The summed E-state index contributed by atoms with van der Waals surface area (Å²) in [5.74, 6) is -0.969. The van der Waals surface area contributed by atoms with Gasteiger partial charge in [-0.2, -0.15) is 0 Å². The minimum atomic E-state index is -1.07. The van der Waals surface area contributed by atoms with Crippen molar-refractivity contribution in [3.8, 4) is 0 Å². The van der Waals surface area contributed by atoms with Crippen LogP contribution < -0.4 is 10.6 Å². The second-order valence-electron chi connectivity index (χ2n) is 4.25. The number of aliphatic carboxylic acids is 1. The van der Waals surface area contributed by atoms with Crippen LogP contribution in [0.4, 0.5) is 4.79 Å². The summed E-state index contributed by atoms with van der Waals surface area (Å²) in [6, 6.07) is 3.12. The van der Waals surface area contributed by atoms with Crippen LogP contribution in [-0.4, -0.2) is 22.6 Å². The standard InChI is InChI=1S/C11H13ClN2O3S/c12-8-3-2-7(18-8)6-13-10(17)14-11(9(15)16)4-1-5-11/h2-3H,1,4-6H2,(H,15,16)(H2,13,14,17). The van der Waals surface area contributed by atoms with E-state index in [2.05, 4.69) is 10.6 Å². The van der Waals surface area contributed by atoms with Crippen LogP contribution >= 0.6 is 22.9 Å². The van der Waals surface area contributed by atoms with Crippen molar-refractivity contribution in [3.63, 3.8) is 0 Å². The normalized spacial score (nSPS) is 16.7. The molecule has 1 aromatic rings. The Morgan fingerprint density at radius 2 is 2.17 bits per heavy atom. The molecule has 1 fully saturated rings. The van der Waals surface area contributed by atoms with Gasteiger partial charge in [-0.05, 0) is 31.4 Å². The predicted octanol–water partition coefficient (Wildman–Crippen LogP) is 2.21. The number of urea groups is 1. The van der Waals surface area contributed by atoms with Crippen LogP contribution in [0.15, 0.2) is 12.1 Å². The lowest BCUT2D eigenvalue weighted by atomic mass is 9.77. The van der Waals surface area contributed by atoms with Crippen molar-refractivity contribution in [2.75, 3.05) is 0 Å². The van der Waals surface area contributed by atoms with E-state index in [0.717, 1.165) is 11.3 Å². The highest BCUT2D eigenvalue weighted by Gasteiger charge is 2.45. The number of carbonyl (C=O) groups excluding carboxylic acids is 1. The molecule has 7 heteroatoms. The average Bonchev–Trinajstić information content (AvgIpc) is 2.66. The highest BCUT2D eigenvalue weighted by Crippen LogP contribution is 2.31. The van der Waals surface area contributed by atoms with E-state index >= 15 is 0 Å². The SMILES string of the molecule is O=C(NCc1ccc(Cl)s1)NC1(C(=O)O)CCC1. The van der Waals surface area contributed by atoms with Gasteiger partial charge in [0.25, 0.3) is 0 Å². The van der Waals surface area contributed by atoms with Gasteiger partial charge in [0.1, 0.15) is 5.54 Å². The van der Waals surface area contributed by atoms with Crippen molar-refractivity contribution >= 4 is 34.9 Å². The lowest BCUT2D eigenvalue weighted by molar-refractivity contribution is -0.148. The third kappa shape index (κ3) is 2.76. The molecule has 2 amide bonds. The first-order valence-corrected chi connectivity index (χ1v) is 6.75. The van der Waals surface area contributed by atoms with Gasteiger partial charge in [-0.25, -0.2) is 9.59 Å². The highest BCUT2D eigenvalue weighted by atomic mass is 35.5. The zero-order chi connectivity index (χ0) is 13.2. The summed E-state index contributed by atoms with van der Waals surface area (Å²) in [5, 5.41) is 14.2. The Morgan fingerprint density at radius 3 is 2.61 bits per heavy atom. The summed E-state index contributed by atoms with van der Waals surface area (Å²) in [4.78, 5) is 23.6. The number of rotatable bonds is 4. The van der Waals surface area contributed by atoms with Crippen LogP contribution in [0.25, 0.3) is 0 Å². The van der Waals surface area contributed by atoms with Gasteiger partial charge in [-0.15, -0.1) is 11.3 Å². The van der Waals surface area contributed by atoms with Crippen LogP contribution in [0.5, 0.6) is 0 Å². The molecular weight excluding hydrogens is 276 g/mol. The summed E-state index contributed by atoms with van der Waals surface area (Å²) in [6.07, 6.45) is 1.80. The number of hydrogen-bond donors (Lipinski definition) is 3. The minimum Gasteiger partial charge on any atom is -0.480 e. The van der Waals surface area contributed by atoms with E-state index in [1.54, 1.807) is 6.07 Å². The summed E-state index contributed by atoms with van der Waals surface area (Å²) >= 11 is 7.15. The van der Waals surface area contributed by atoms with E-state index in [9.17, 15) is 9.59 Å². The van der Waals surface area contributed by atoms with Gasteiger partial charge in [0, 0.05) is 4.88 Å². The Balaban J connectivity index is 1.83. The van der Waals surface area contributed by atoms with Crippen LogP contribution in [-0.2, 0) is 11.3 Å². The van der Waals surface area contributed by atoms with Gasteiger partial charge >= 0.3 is 12.0 Å². The number of hydrogen-bond acceptors (Lipinski definition) is 3. The van der Waals surface area contributed by atoms with E-state index in [1.165, 1.54) is 11.3 Å². The fraction of sp³-hybridized carbons (Fsp3) is 0.455. The number of thiophene rings is 1.